The van der Waals surface area contributed by atoms with Crippen LogP contribution in [0.4, 0.5) is 0 Å². The maximum Gasteiger partial charge on any atom is 0.213 e. The van der Waals surface area contributed by atoms with Crippen molar-refractivity contribution in [1.82, 2.24) is 9.19 Å². The van der Waals surface area contributed by atoms with E-state index >= 15 is 0 Å². The monoisotopic (exact) mass is 370 g/mol. The number of hydrogen-bond donors (Lipinski definition) is 0. The second kappa shape index (κ2) is 5.23. The lowest BCUT2D eigenvalue weighted by Crippen LogP contribution is -2.19. The first-order valence-electron chi connectivity index (χ1n) is 3.83. The van der Waals surface area contributed by atoms with Crippen LogP contribution >= 0.6 is 74.3 Å². The summed E-state index contributed by atoms with van der Waals surface area (Å²) >= 11 is 27.6. The number of rotatable bonds is 3. The molecular formula is C7H7BrCl4N2S. The van der Waals surface area contributed by atoms with E-state index in [2.05, 4.69) is 21.0 Å². The standard InChI is InChI=1S/C7H7BrCl4N2S/c1-3-5(8)4(2)14(13-3)15-7(11,12)6(9)10/h6H,1-2H3. The predicted octanol–water partition coefficient (Wildman–Crippen LogP) is 4.69. The SMILES string of the molecule is Cc1nn(SC(Cl)(Cl)C(Cl)Cl)c(C)c1Br. The molecule has 0 atom stereocenters. The average Bonchev–Trinajstić information content (AvgIpc) is 2.33. The molecule has 0 aliphatic rings. The van der Waals surface area contributed by atoms with Crippen LogP contribution in [0.25, 0.3) is 0 Å². The largest absolute Gasteiger partial charge is 0.213 e. The molecule has 0 aliphatic carbocycles. The van der Waals surface area contributed by atoms with Crippen LogP contribution < -0.4 is 0 Å². The fraction of sp³-hybridized carbons (Fsp3) is 0.571. The van der Waals surface area contributed by atoms with Crippen LogP contribution in [0.2, 0.25) is 0 Å². The molecule has 0 bridgehead atoms. The van der Waals surface area contributed by atoms with E-state index in [1.807, 2.05) is 13.8 Å². The Balaban J connectivity index is 2.95. The zero-order chi connectivity index (χ0) is 11.8. The molecule has 15 heavy (non-hydrogen) atoms. The zero-order valence-corrected chi connectivity index (χ0v) is 13.2. The Labute approximate surface area is 121 Å². The van der Waals surface area contributed by atoms with Gasteiger partial charge in [0.25, 0.3) is 0 Å². The molecule has 0 saturated carbocycles. The number of halogens is 5. The van der Waals surface area contributed by atoms with E-state index in [4.69, 9.17) is 46.4 Å². The highest BCUT2D eigenvalue weighted by Gasteiger charge is 2.35. The Hall–Kier alpha value is 1.20. The number of aromatic nitrogens is 2. The second-order valence-electron chi connectivity index (χ2n) is 2.81. The smallest absolute Gasteiger partial charge is 0.207 e. The molecule has 2 nitrogen and oxygen atoms in total. The molecule has 0 radical (unpaired) electrons. The van der Waals surface area contributed by atoms with Crippen LogP contribution in [-0.4, -0.2) is 17.7 Å². The molecule has 0 amide bonds. The van der Waals surface area contributed by atoms with Crippen molar-refractivity contribution in [2.75, 3.05) is 0 Å². The lowest BCUT2D eigenvalue weighted by molar-refractivity contribution is 0.936. The fourth-order valence-corrected chi connectivity index (χ4v) is 2.54. The summed E-state index contributed by atoms with van der Waals surface area (Å²) < 4.78 is 1.18. The Bertz CT molecular complexity index is 366. The molecule has 0 fully saturated rings. The van der Waals surface area contributed by atoms with Gasteiger partial charge in [-0.2, -0.15) is 5.10 Å². The Morgan fingerprint density at radius 1 is 1.40 bits per heavy atom. The summed E-state index contributed by atoms with van der Waals surface area (Å²) in [6, 6.07) is 0. The molecule has 8 heteroatoms. The molecule has 86 valence electrons. The molecular weight excluding hydrogens is 366 g/mol. The molecule has 1 aromatic rings. The topological polar surface area (TPSA) is 17.8 Å². The van der Waals surface area contributed by atoms with Gasteiger partial charge in [-0.3, -0.25) is 0 Å². The van der Waals surface area contributed by atoms with Crippen LogP contribution in [0.15, 0.2) is 4.47 Å². The maximum atomic E-state index is 5.93. The number of hydrogen-bond acceptors (Lipinski definition) is 2. The van der Waals surface area contributed by atoms with Crippen LogP contribution in [0.5, 0.6) is 0 Å². The van der Waals surface area contributed by atoms with Crippen molar-refractivity contribution < 1.29 is 0 Å². The predicted molar refractivity (Wildman–Crippen MR) is 72.3 cm³/mol. The highest BCUT2D eigenvalue weighted by molar-refractivity contribution is 9.10. The molecule has 0 saturated heterocycles. The minimum absolute atomic E-state index is 0.852. The van der Waals surface area contributed by atoms with Crippen molar-refractivity contribution in [3.05, 3.63) is 15.9 Å². The Kier molecular flexibility index (Phi) is 4.98. The van der Waals surface area contributed by atoms with Gasteiger partial charge in [-0.1, -0.05) is 23.2 Å². The van der Waals surface area contributed by atoms with E-state index < -0.39 is 8.50 Å². The zero-order valence-electron chi connectivity index (χ0n) is 7.77. The number of alkyl halides is 4. The molecule has 0 N–H and O–H groups in total. The van der Waals surface area contributed by atoms with Gasteiger partial charge in [0.2, 0.25) is 3.67 Å². The van der Waals surface area contributed by atoms with Crippen LogP contribution in [0.3, 0.4) is 0 Å². The summed E-state index contributed by atoms with van der Waals surface area (Å²) in [7, 11) is 0. The third-order valence-corrected chi connectivity index (χ3v) is 5.99. The van der Waals surface area contributed by atoms with E-state index in [9.17, 15) is 0 Å². The van der Waals surface area contributed by atoms with Crippen LogP contribution in [0.1, 0.15) is 11.4 Å². The third-order valence-electron chi connectivity index (χ3n) is 1.63. The molecule has 0 spiro atoms. The molecule has 1 rings (SSSR count). The van der Waals surface area contributed by atoms with Crippen LogP contribution in [-0.2, 0) is 0 Å². The third kappa shape index (κ3) is 3.33. The van der Waals surface area contributed by atoms with Crippen molar-refractivity contribution in [1.29, 1.82) is 0 Å². The number of aryl methyl sites for hydroxylation is 1. The van der Waals surface area contributed by atoms with E-state index in [1.54, 1.807) is 4.09 Å². The van der Waals surface area contributed by atoms with E-state index in [1.165, 1.54) is 0 Å². The van der Waals surface area contributed by atoms with Crippen molar-refractivity contribution >= 4 is 74.3 Å². The first kappa shape index (κ1) is 14.3. The van der Waals surface area contributed by atoms with Gasteiger partial charge in [-0.15, -0.1) is 23.2 Å². The second-order valence-corrected chi connectivity index (χ2v) is 7.71. The highest BCUT2D eigenvalue weighted by Crippen LogP contribution is 2.44. The summed E-state index contributed by atoms with van der Waals surface area (Å²) in [5.41, 5.74) is 1.75. The van der Waals surface area contributed by atoms with Crippen molar-refractivity contribution in [2.24, 2.45) is 0 Å². The lowest BCUT2D eigenvalue weighted by Gasteiger charge is -2.19. The summed E-state index contributed by atoms with van der Waals surface area (Å²) in [6.07, 6.45) is 0. The first-order chi connectivity index (χ1) is 6.75. The minimum Gasteiger partial charge on any atom is -0.207 e. The minimum atomic E-state index is -1.33. The lowest BCUT2D eigenvalue weighted by atomic mass is 10.4. The Morgan fingerprint density at radius 2 is 1.93 bits per heavy atom. The van der Waals surface area contributed by atoms with Gasteiger partial charge in [0, 0.05) is 11.9 Å². The summed E-state index contributed by atoms with van der Waals surface area (Å²) in [4.78, 5) is -0.909. The maximum absolute atomic E-state index is 5.93. The van der Waals surface area contributed by atoms with Gasteiger partial charge >= 0.3 is 0 Å². The van der Waals surface area contributed by atoms with E-state index in [-0.39, 0.29) is 0 Å². The molecule has 0 aliphatic heterocycles. The quantitative estimate of drug-likeness (QED) is 0.716. The molecule has 0 aromatic carbocycles. The van der Waals surface area contributed by atoms with Crippen molar-refractivity contribution in [3.8, 4) is 0 Å². The van der Waals surface area contributed by atoms with Crippen molar-refractivity contribution in [3.63, 3.8) is 0 Å². The fourth-order valence-electron chi connectivity index (χ4n) is 0.845. The summed E-state index contributed by atoms with van der Waals surface area (Å²) in [6.45, 7) is 3.76. The average molecular weight is 373 g/mol. The van der Waals surface area contributed by atoms with Gasteiger partial charge in [-0.25, -0.2) is 4.09 Å². The summed E-state index contributed by atoms with van der Waals surface area (Å²) in [5, 5.41) is 4.22. The van der Waals surface area contributed by atoms with E-state index in [0.717, 1.165) is 27.8 Å². The number of nitrogens with zero attached hydrogens (tertiary/aromatic N) is 2. The van der Waals surface area contributed by atoms with Crippen LogP contribution in [0, 0.1) is 13.8 Å². The van der Waals surface area contributed by atoms with Gasteiger partial charge in [0.1, 0.15) is 0 Å². The summed E-state index contributed by atoms with van der Waals surface area (Å²) in [5.74, 6) is 0. The highest BCUT2D eigenvalue weighted by atomic mass is 79.9. The Morgan fingerprint density at radius 3 is 2.27 bits per heavy atom. The molecule has 0 unspecified atom stereocenters. The van der Waals surface area contributed by atoms with Gasteiger partial charge in [0.05, 0.1) is 15.9 Å². The van der Waals surface area contributed by atoms with E-state index in [0.29, 0.717) is 0 Å². The normalized spacial score (nSPS) is 12.5. The van der Waals surface area contributed by atoms with Gasteiger partial charge < -0.3 is 0 Å². The first-order valence-corrected chi connectivity index (χ1v) is 7.02. The van der Waals surface area contributed by atoms with Crippen molar-refractivity contribution in [2.45, 2.75) is 22.3 Å². The molecule has 1 aromatic heterocycles. The van der Waals surface area contributed by atoms with Gasteiger partial charge in [0.15, 0.2) is 4.84 Å². The van der Waals surface area contributed by atoms with Gasteiger partial charge in [-0.05, 0) is 29.8 Å². The molecule has 1 heterocycles.